The van der Waals surface area contributed by atoms with Crippen LogP contribution in [-0.2, 0) is 11.3 Å². The number of nitrogens with one attached hydrogen (secondary N) is 1. The molecule has 0 radical (unpaired) electrons. The second-order valence-corrected chi connectivity index (χ2v) is 7.39. The molecule has 8 nitrogen and oxygen atoms in total. The number of carbonyl (C=O) groups excluding carboxylic acids is 1. The average Bonchev–Trinajstić information content (AvgIpc) is 3.08. The number of hydrogen-bond acceptors (Lipinski definition) is 6. The Morgan fingerprint density at radius 3 is 2.50 bits per heavy atom. The van der Waals surface area contributed by atoms with Gasteiger partial charge in [-0.3, -0.25) is 4.79 Å². The first-order chi connectivity index (χ1) is 15.6. The third-order valence-electron chi connectivity index (χ3n) is 5.27. The van der Waals surface area contributed by atoms with Crippen molar-refractivity contribution >= 4 is 33.9 Å². The Kier molecular flexibility index (Phi) is 6.51. The Morgan fingerprint density at radius 1 is 1.09 bits per heavy atom. The lowest BCUT2D eigenvalue weighted by molar-refractivity contribution is 0.0946. The molecule has 32 heavy (non-hydrogen) atoms. The van der Waals surface area contributed by atoms with Gasteiger partial charge in [0.1, 0.15) is 22.6 Å². The van der Waals surface area contributed by atoms with Crippen molar-refractivity contribution in [3.05, 3.63) is 59.7 Å². The Labute approximate surface area is 186 Å². The number of para-hydroxylation sites is 2. The predicted molar refractivity (Wildman–Crippen MR) is 125 cm³/mol. The van der Waals surface area contributed by atoms with E-state index in [1.807, 2.05) is 60.0 Å². The van der Waals surface area contributed by atoms with E-state index in [-0.39, 0.29) is 5.91 Å². The molecular weight excluding hydrogens is 406 g/mol. The van der Waals surface area contributed by atoms with Crippen LogP contribution in [0.1, 0.15) is 29.3 Å². The van der Waals surface area contributed by atoms with Crippen LogP contribution in [0.3, 0.4) is 0 Å². The standard InChI is InChI=1S/C24H27N5O3/c1-3-32-14-6-13-26-24(30)20-21-23(28-19-8-5-4-7-18(19)27-21)29(22(20)25)15-16-9-11-17(31-2)12-10-16/h4-5,7-12H,3,6,13-15,25H2,1-2H3,(H,26,30). The van der Waals surface area contributed by atoms with Crippen molar-refractivity contribution in [3.8, 4) is 5.75 Å². The number of aromatic nitrogens is 3. The Balaban J connectivity index is 1.73. The molecule has 2 aromatic carbocycles. The van der Waals surface area contributed by atoms with E-state index in [1.165, 1.54) is 0 Å². The number of amides is 1. The van der Waals surface area contributed by atoms with Gasteiger partial charge in [0, 0.05) is 19.8 Å². The fourth-order valence-corrected chi connectivity index (χ4v) is 3.62. The van der Waals surface area contributed by atoms with E-state index in [4.69, 9.17) is 25.2 Å². The highest BCUT2D eigenvalue weighted by Gasteiger charge is 2.24. The highest BCUT2D eigenvalue weighted by Crippen LogP contribution is 2.29. The lowest BCUT2D eigenvalue weighted by Gasteiger charge is -2.09. The SMILES string of the molecule is CCOCCCNC(=O)c1c(N)n(Cc2ccc(OC)cc2)c2nc3ccccc3nc12. The largest absolute Gasteiger partial charge is 0.497 e. The number of anilines is 1. The number of carbonyl (C=O) groups is 1. The van der Waals surface area contributed by atoms with E-state index < -0.39 is 0 Å². The number of fused-ring (bicyclic) bond motifs is 2. The Bertz CT molecular complexity index is 1230. The van der Waals surface area contributed by atoms with Gasteiger partial charge in [0.05, 0.1) is 24.7 Å². The highest BCUT2D eigenvalue weighted by atomic mass is 16.5. The summed E-state index contributed by atoms with van der Waals surface area (Å²) in [5, 5.41) is 2.93. The first-order valence-electron chi connectivity index (χ1n) is 10.7. The molecule has 1 amide bonds. The number of nitrogens with zero attached hydrogens (tertiary/aromatic N) is 3. The average molecular weight is 434 g/mol. The first-order valence-corrected chi connectivity index (χ1v) is 10.7. The first kappa shape index (κ1) is 21.6. The van der Waals surface area contributed by atoms with Crippen LogP contribution in [0.15, 0.2) is 48.5 Å². The monoisotopic (exact) mass is 433 g/mol. The van der Waals surface area contributed by atoms with Gasteiger partial charge in [0.2, 0.25) is 0 Å². The lowest BCUT2D eigenvalue weighted by atomic mass is 10.2. The van der Waals surface area contributed by atoms with Crippen molar-refractivity contribution in [2.45, 2.75) is 19.9 Å². The molecule has 0 spiro atoms. The maximum Gasteiger partial charge on any atom is 0.257 e. The van der Waals surface area contributed by atoms with E-state index in [1.54, 1.807) is 7.11 Å². The number of methoxy groups -OCH3 is 1. The molecule has 166 valence electrons. The molecule has 0 bridgehead atoms. The fraction of sp³-hybridized carbons (Fsp3) is 0.292. The third kappa shape index (κ3) is 4.36. The molecule has 2 aromatic heterocycles. The zero-order valence-electron chi connectivity index (χ0n) is 18.3. The van der Waals surface area contributed by atoms with Crippen molar-refractivity contribution < 1.29 is 14.3 Å². The molecule has 2 heterocycles. The van der Waals surface area contributed by atoms with Crippen LogP contribution in [0.25, 0.3) is 22.2 Å². The Hall–Kier alpha value is -3.65. The topological polar surface area (TPSA) is 104 Å². The smallest absolute Gasteiger partial charge is 0.257 e. The zero-order chi connectivity index (χ0) is 22.5. The number of nitrogens with two attached hydrogens (primary N) is 1. The minimum absolute atomic E-state index is 0.262. The molecule has 0 aliphatic heterocycles. The van der Waals surface area contributed by atoms with Crippen LogP contribution >= 0.6 is 0 Å². The number of hydrogen-bond donors (Lipinski definition) is 2. The molecule has 0 saturated heterocycles. The molecule has 0 fully saturated rings. The van der Waals surface area contributed by atoms with Gasteiger partial charge in [-0.25, -0.2) is 9.97 Å². The summed E-state index contributed by atoms with van der Waals surface area (Å²) in [4.78, 5) is 22.6. The normalized spacial score (nSPS) is 11.2. The van der Waals surface area contributed by atoms with Crippen LogP contribution < -0.4 is 15.8 Å². The molecule has 0 aliphatic rings. The number of rotatable bonds is 9. The minimum atomic E-state index is -0.262. The minimum Gasteiger partial charge on any atom is -0.497 e. The summed E-state index contributed by atoms with van der Waals surface area (Å²) < 4.78 is 12.4. The zero-order valence-corrected chi connectivity index (χ0v) is 18.3. The maximum atomic E-state index is 13.1. The summed E-state index contributed by atoms with van der Waals surface area (Å²) >= 11 is 0. The molecule has 0 aliphatic carbocycles. The van der Waals surface area contributed by atoms with Gasteiger partial charge in [-0.15, -0.1) is 0 Å². The second-order valence-electron chi connectivity index (χ2n) is 7.39. The third-order valence-corrected chi connectivity index (χ3v) is 5.27. The lowest BCUT2D eigenvalue weighted by Crippen LogP contribution is -2.26. The van der Waals surface area contributed by atoms with E-state index in [2.05, 4.69) is 5.32 Å². The summed E-state index contributed by atoms with van der Waals surface area (Å²) in [6.45, 7) is 4.14. The fourth-order valence-electron chi connectivity index (χ4n) is 3.62. The van der Waals surface area contributed by atoms with E-state index in [9.17, 15) is 4.79 Å². The Morgan fingerprint density at radius 2 is 1.81 bits per heavy atom. The highest BCUT2D eigenvalue weighted by molar-refractivity contribution is 6.10. The van der Waals surface area contributed by atoms with Crippen molar-refractivity contribution in [2.24, 2.45) is 0 Å². The molecule has 0 unspecified atom stereocenters. The van der Waals surface area contributed by atoms with Gasteiger partial charge in [-0.1, -0.05) is 24.3 Å². The number of nitrogen functional groups attached to an aromatic ring is 1. The van der Waals surface area contributed by atoms with Crippen LogP contribution in [0.2, 0.25) is 0 Å². The van der Waals surface area contributed by atoms with Crippen LogP contribution in [-0.4, -0.2) is 47.3 Å². The van der Waals surface area contributed by atoms with Gasteiger partial charge in [0.25, 0.3) is 5.91 Å². The molecule has 3 N–H and O–H groups in total. The molecule has 0 atom stereocenters. The quantitative estimate of drug-likeness (QED) is 0.392. The maximum absolute atomic E-state index is 13.1. The molecule has 4 aromatic rings. The van der Waals surface area contributed by atoms with Crippen LogP contribution in [0.5, 0.6) is 5.75 Å². The van der Waals surface area contributed by atoms with Gasteiger partial charge in [-0.05, 0) is 43.2 Å². The van der Waals surface area contributed by atoms with E-state index >= 15 is 0 Å². The van der Waals surface area contributed by atoms with Gasteiger partial charge in [0.15, 0.2) is 5.65 Å². The number of ether oxygens (including phenoxy) is 2. The predicted octanol–water partition coefficient (Wildman–Crippen LogP) is 3.38. The molecule has 4 rings (SSSR count). The van der Waals surface area contributed by atoms with Gasteiger partial charge < -0.3 is 25.1 Å². The van der Waals surface area contributed by atoms with E-state index in [0.29, 0.717) is 54.4 Å². The van der Waals surface area contributed by atoms with Crippen LogP contribution in [0, 0.1) is 0 Å². The van der Waals surface area contributed by atoms with Crippen molar-refractivity contribution in [1.82, 2.24) is 19.9 Å². The second kappa shape index (κ2) is 9.65. The summed E-state index contributed by atoms with van der Waals surface area (Å²) in [5.74, 6) is 0.854. The summed E-state index contributed by atoms with van der Waals surface area (Å²) in [7, 11) is 1.63. The summed E-state index contributed by atoms with van der Waals surface area (Å²) in [5.41, 5.74) is 10.4. The van der Waals surface area contributed by atoms with Crippen molar-refractivity contribution in [3.63, 3.8) is 0 Å². The van der Waals surface area contributed by atoms with Crippen molar-refractivity contribution in [1.29, 1.82) is 0 Å². The van der Waals surface area contributed by atoms with Crippen molar-refractivity contribution in [2.75, 3.05) is 32.6 Å². The summed E-state index contributed by atoms with van der Waals surface area (Å²) in [6, 6.07) is 15.3. The van der Waals surface area contributed by atoms with Gasteiger partial charge >= 0.3 is 0 Å². The van der Waals surface area contributed by atoms with Gasteiger partial charge in [-0.2, -0.15) is 0 Å². The molecular formula is C24H27N5O3. The van der Waals surface area contributed by atoms with Crippen LogP contribution in [0.4, 0.5) is 5.82 Å². The summed E-state index contributed by atoms with van der Waals surface area (Å²) in [6.07, 6.45) is 0.721. The van der Waals surface area contributed by atoms with E-state index in [0.717, 1.165) is 23.3 Å². The molecule has 8 heteroatoms. The number of benzene rings is 2. The molecule has 0 saturated carbocycles.